The van der Waals surface area contributed by atoms with Crippen LogP contribution >= 0.6 is 8.58 Å². The molecule has 1 fully saturated rings. The van der Waals surface area contributed by atoms with Crippen LogP contribution in [0, 0.1) is 0 Å². The summed E-state index contributed by atoms with van der Waals surface area (Å²) >= 11 is 0. The van der Waals surface area contributed by atoms with E-state index >= 15 is 0 Å². The highest BCUT2D eigenvalue weighted by molar-refractivity contribution is 7.39. The predicted molar refractivity (Wildman–Crippen MR) is 59.6 cm³/mol. The molecule has 0 bridgehead atoms. The van der Waals surface area contributed by atoms with Gasteiger partial charge in [0.1, 0.15) is 0 Å². The maximum atomic E-state index is 2.42. The van der Waals surface area contributed by atoms with Gasteiger partial charge in [-0.1, -0.05) is 39.0 Å². The van der Waals surface area contributed by atoms with Gasteiger partial charge in [-0.15, -0.1) is 8.58 Å². The molecule has 0 N–H and O–H groups in total. The van der Waals surface area contributed by atoms with Crippen LogP contribution in [-0.2, 0) is 0 Å². The molecule has 0 spiro atoms. The van der Waals surface area contributed by atoms with Gasteiger partial charge < -0.3 is 0 Å². The van der Waals surface area contributed by atoms with Crippen LogP contribution in [0.5, 0.6) is 0 Å². The van der Waals surface area contributed by atoms with E-state index in [4.69, 9.17) is 0 Å². The van der Waals surface area contributed by atoms with Crippen molar-refractivity contribution in [3.8, 4) is 0 Å². The third kappa shape index (κ3) is 2.73. The second-order valence-electron chi connectivity index (χ2n) is 4.19. The van der Waals surface area contributed by atoms with E-state index in [2.05, 4.69) is 13.6 Å². The van der Waals surface area contributed by atoms with Crippen molar-refractivity contribution < 1.29 is 0 Å². The summed E-state index contributed by atoms with van der Waals surface area (Å²) in [4.78, 5) is 0. The number of rotatable bonds is 4. The van der Waals surface area contributed by atoms with Gasteiger partial charge in [0.15, 0.2) is 0 Å². The minimum atomic E-state index is 0.800. The van der Waals surface area contributed by atoms with Gasteiger partial charge in [-0.05, 0) is 31.1 Å². The molecule has 0 radical (unpaired) electrons. The highest BCUT2D eigenvalue weighted by Gasteiger charge is 2.28. The Morgan fingerprint density at radius 3 is 2.33 bits per heavy atom. The molecule has 72 valence electrons. The third-order valence-corrected chi connectivity index (χ3v) is 5.16. The summed E-state index contributed by atoms with van der Waals surface area (Å²) < 4.78 is 0. The Labute approximate surface area is 79.3 Å². The fourth-order valence-electron chi connectivity index (χ4n) is 2.37. The van der Waals surface area contributed by atoms with E-state index in [1.807, 2.05) is 0 Å². The molecule has 0 aromatic rings. The maximum absolute atomic E-state index is 2.42. The molecular formula is C11H23P. The largest absolute Gasteiger partial charge is 0.119 e. The molecular weight excluding hydrogens is 163 g/mol. The van der Waals surface area contributed by atoms with E-state index in [1.165, 1.54) is 59.9 Å². The van der Waals surface area contributed by atoms with Crippen LogP contribution in [0.25, 0.3) is 0 Å². The molecule has 12 heavy (non-hydrogen) atoms. The molecule has 0 heterocycles. The summed E-state index contributed by atoms with van der Waals surface area (Å²) in [6.45, 7) is 4.73. The predicted octanol–water partition coefficient (Wildman–Crippen LogP) is 4.19. The summed E-state index contributed by atoms with van der Waals surface area (Å²) in [5.41, 5.74) is 0. The molecule has 1 rings (SSSR count). The van der Waals surface area contributed by atoms with Crippen molar-refractivity contribution in [1.82, 2.24) is 0 Å². The van der Waals surface area contributed by atoms with E-state index in [-0.39, 0.29) is 0 Å². The molecule has 0 aromatic heterocycles. The SMILES string of the molecule is CCCCC1(PC)CCCCC1. The molecule has 0 saturated heterocycles. The lowest BCUT2D eigenvalue weighted by molar-refractivity contribution is 0.366. The summed E-state index contributed by atoms with van der Waals surface area (Å²) in [7, 11) is 1.19. The molecule has 1 saturated carbocycles. The molecule has 0 amide bonds. The summed E-state index contributed by atoms with van der Waals surface area (Å²) in [5.74, 6) is 0. The molecule has 0 nitrogen and oxygen atoms in total. The van der Waals surface area contributed by atoms with E-state index in [0.717, 1.165) is 5.16 Å². The highest BCUT2D eigenvalue weighted by Crippen LogP contribution is 2.45. The first kappa shape index (κ1) is 10.5. The van der Waals surface area contributed by atoms with Gasteiger partial charge in [0.25, 0.3) is 0 Å². The quantitative estimate of drug-likeness (QED) is 0.577. The Bertz CT molecular complexity index is 114. The summed E-state index contributed by atoms with van der Waals surface area (Å²) in [6.07, 6.45) is 11.9. The third-order valence-electron chi connectivity index (χ3n) is 3.35. The first-order valence-electron chi connectivity index (χ1n) is 5.52. The lowest BCUT2D eigenvalue weighted by atomic mass is 9.85. The normalized spacial score (nSPS) is 23.5. The van der Waals surface area contributed by atoms with Gasteiger partial charge in [0, 0.05) is 0 Å². The molecule has 0 aliphatic heterocycles. The van der Waals surface area contributed by atoms with Crippen molar-refractivity contribution in [2.75, 3.05) is 6.66 Å². The van der Waals surface area contributed by atoms with Crippen LogP contribution in [-0.4, -0.2) is 11.8 Å². The molecule has 1 aliphatic rings. The second kappa shape index (κ2) is 5.22. The Hall–Kier alpha value is 0.430. The lowest BCUT2D eigenvalue weighted by Crippen LogP contribution is -2.25. The van der Waals surface area contributed by atoms with Crippen molar-refractivity contribution in [3.05, 3.63) is 0 Å². The minimum Gasteiger partial charge on any atom is -0.119 e. The number of unbranched alkanes of at least 4 members (excludes halogenated alkanes) is 1. The zero-order chi connectivity index (χ0) is 8.86. The van der Waals surface area contributed by atoms with Crippen molar-refractivity contribution in [2.45, 2.75) is 63.4 Å². The Balaban J connectivity index is 2.37. The molecule has 1 atom stereocenters. The van der Waals surface area contributed by atoms with Crippen molar-refractivity contribution in [1.29, 1.82) is 0 Å². The van der Waals surface area contributed by atoms with Crippen LogP contribution in [0.3, 0.4) is 0 Å². The van der Waals surface area contributed by atoms with Crippen LogP contribution in [0.4, 0.5) is 0 Å². The van der Waals surface area contributed by atoms with E-state index in [0.29, 0.717) is 0 Å². The molecule has 1 heteroatoms. The standard InChI is InChI=1S/C11H23P/c1-3-4-8-11(12-2)9-6-5-7-10-11/h12H,3-10H2,1-2H3. The van der Waals surface area contributed by atoms with Crippen molar-refractivity contribution in [2.24, 2.45) is 0 Å². The fraction of sp³-hybridized carbons (Fsp3) is 1.00. The van der Waals surface area contributed by atoms with Crippen molar-refractivity contribution in [3.63, 3.8) is 0 Å². The van der Waals surface area contributed by atoms with Crippen LogP contribution in [0.2, 0.25) is 0 Å². The van der Waals surface area contributed by atoms with Crippen LogP contribution in [0.1, 0.15) is 58.3 Å². The van der Waals surface area contributed by atoms with Gasteiger partial charge in [0.2, 0.25) is 0 Å². The summed E-state index contributed by atoms with van der Waals surface area (Å²) in [5, 5.41) is 0.800. The second-order valence-corrected chi connectivity index (χ2v) is 5.76. The lowest BCUT2D eigenvalue weighted by Gasteiger charge is -2.36. The smallest absolute Gasteiger partial charge is 0.0124 e. The Kier molecular flexibility index (Phi) is 4.57. The molecule has 1 unspecified atom stereocenters. The van der Waals surface area contributed by atoms with Crippen LogP contribution < -0.4 is 0 Å². The first-order chi connectivity index (χ1) is 5.83. The monoisotopic (exact) mass is 186 g/mol. The average molecular weight is 186 g/mol. The Morgan fingerprint density at radius 1 is 1.17 bits per heavy atom. The highest BCUT2D eigenvalue weighted by atomic mass is 31.1. The molecule has 0 aromatic carbocycles. The number of hydrogen-bond donors (Lipinski definition) is 0. The van der Waals surface area contributed by atoms with Crippen molar-refractivity contribution >= 4 is 8.58 Å². The topological polar surface area (TPSA) is 0 Å². The summed E-state index contributed by atoms with van der Waals surface area (Å²) in [6, 6.07) is 0. The zero-order valence-electron chi connectivity index (χ0n) is 8.66. The van der Waals surface area contributed by atoms with Gasteiger partial charge in [0.05, 0.1) is 0 Å². The van der Waals surface area contributed by atoms with Gasteiger partial charge >= 0.3 is 0 Å². The van der Waals surface area contributed by atoms with Gasteiger partial charge in [-0.2, -0.15) is 0 Å². The molecule has 1 aliphatic carbocycles. The van der Waals surface area contributed by atoms with Gasteiger partial charge in [-0.3, -0.25) is 0 Å². The minimum absolute atomic E-state index is 0.800. The fourth-order valence-corrected chi connectivity index (χ4v) is 3.65. The number of hydrogen-bond acceptors (Lipinski definition) is 0. The average Bonchev–Trinajstić information content (AvgIpc) is 2.16. The zero-order valence-corrected chi connectivity index (χ0v) is 9.66. The van der Waals surface area contributed by atoms with E-state index in [9.17, 15) is 0 Å². The first-order valence-corrected chi connectivity index (χ1v) is 7.02. The Morgan fingerprint density at radius 2 is 1.83 bits per heavy atom. The van der Waals surface area contributed by atoms with E-state index < -0.39 is 0 Å². The van der Waals surface area contributed by atoms with Gasteiger partial charge in [-0.25, -0.2) is 0 Å². The maximum Gasteiger partial charge on any atom is -0.0124 e. The van der Waals surface area contributed by atoms with Crippen LogP contribution in [0.15, 0.2) is 0 Å². The van der Waals surface area contributed by atoms with E-state index in [1.54, 1.807) is 0 Å².